The molecule has 1 unspecified atom stereocenters. The normalized spacial score (nSPS) is 12.8. The van der Waals surface area contributed by atoms with Crippen LogP contribution in [0.4, 0.5) is 0 Å². The first-order chi connectivity index (χ1) is 10.8. The lowest BCUT2D eigenvalue weighted by Crippen LogP contribution is -2.42. The second kappa shape index (κ2) is 11.5. The van der Waals surface area contributed by atoms with Gasteiger partial charge in [-0.1, -0.05) is 27.7 Å². The number of carbonyl (C=O) groups excluding carboxylic acids is 1. The third kappa shape index (κ3) is 8.83. The van der Waals surface area contributed by atoms with Crippen molar-refractivity contribution in [2.24, 2.45) is 5.92 Å². The molecule has 1 atom stereocenters. The number of hydrogen-bond donors (Lipinski definition) is 3. The molecular formula is C16H28N4O3. The number of rotatable bonds is 11. The number of aliphatic carboxylic acids is 1. The molecular weight excluding hydrogens is 296 g/mol. The highest BCUT2D eigenvalue weighted by Crippen LogP contribution is 2.06. The molecule has 0 saturated heterocycles. The summed E-state index contributed by atoms with van der Waals surface area (Å²) >= 11 is 0. The lowest BCUT2D eigenvalue weighted by molar-refractivity contribution is -0.141. The van der Waals surface area contributed by atoms with Crippen molar-refractivity contribution < 1.29 is 14.7 Å². The molecule has 0 aliphatic heterocycles. The highest BCUT2D eigenvalue weighted by molar-refractivity contribution is 5.99. The summed E-state index contributed by atoms with van der Waals surface area (Å²) in [5.74, 6) is -1.65. The summed E-state index contributed by atoms with van der Waals surface area (Å²) < 4.78 is 0. The summed E-state index contributed by atoms with van der Waals surface area (Å²) in [6.45, 7) is 11.1. The van der Waals surface area contributed by atoms with Gasteiger partial charge < -0.3 is 20.6 Å². The molecule has 0 aromatic carbocycles. The maximum atomic E-state index is 12.0. The van der Waals surface area contributed by atoms with Gasteiger partial charge in [-0.15, -0.1) is 0 Å². The molecule has 23 heavy (non-hydrogen) atoms. The van der Waals surface area contributed by atoms with Crippen LogP contribution in [0.5, 0.6) is 0 Å². The smallest absolute Gasteiger partial charge is 0.326 e. The third-order valence-electron chi connectivity index (χ3n) is 3.39. The molecule has 0 bridgehead atoms. The SMILES string of the molecule is CCN(CC)CCN/C=C(/C#N)C(=O)NC(CC(C)C)C(=O)O. The minimum atomic E-state index is -1.10. The zero-order chi connectivity index (χ0) is 17.8. The first-order valence-electron chi connectivity index (χ1n) is 7.95. The molecule has 0 fully saturated rings. The summed E-state index contributed by atoms with van der Waals surface area (Å²) in [7, 11) is 0. The fourth-order valence-electron chi connectivity index (χ4n) is 2.01. The van der Waals surface area contributed by atoms with Gasteiger partial charge in [0.25, 0.3) is 5.91 Å². The van der Waals surface area contributed by atoms with Gasteiger partial charge in [0.15, 0.2) is 0 Å². The van der Waals surface area contributed by atoms with E-state index in [1.54, 1.807) is 6.07 Å². The van der Waals surface area contributed by atoms with Gasteiger partial charge in [-0.25, -0.2) is 4.79 Å². The Labute approximate surface area is 138 Å². The number of amides is 1. The number of likely N-dealkylation sites (N-methyl/N-ethyl adjacent to an activating group) is 1. The van der Waals surface area contributed by atoms with Crippen LogP contribution in [-0.2, 0) is 9.59 Å². The molecule has 7 nitrogen and oxygen atoms in total. The Balaban J connectivity index is 4.58. The molecule has 0 aliphatic rings. The van der Waals surface area contributed by atoms with Crippen LogP contribution >= 0.6 is 0 Å². The van der Waals surface area contributed by atoms with Crippen molar-refractivity contribution in [1.29, 1.82) is 5.26 Å². The molecule has 0 aromatic heterocycles. The van der Waals surface area contributed by atoms with E-state index in [1.165, 1.54) is 6.20 Å². The first-order valence-corrected chi connectivity index (χ1v) is 7.95. The third-order valence-corrected chi connectivity index (χ3v) is 3.39. The zero-order valence-corrected chi connectivity index (χ0v) is 14.4. The van der Waals surface area contributed by atoms with Crippen LogP contribution in [0.25, 0.3) is 0 Å². The number of nitrogens with one attached hydrogen (secondary N) is 2. The summed E-state index contributed by atoms with van der Waals surface area (Å²) in [6.07, 6.45) is 1.66. The van der Waals surface area contributed by atoms with E-state index in [4.69, 9.17) is 10.4 Å². The lowest BCUT2D eigenvalue weighted by atomic mass is 10.0. The van der Waals surface area contributed by atoms with E-state index in [2.05, 4.69) is 29.4 Å². The fraction of sp³-hybridized carbons (Fsp3) is 0.688. The Morgan fingerprint density at radius 2 is 1.91 bits per heavy atom. The van der Waals surface area contributed by atoms with Crippen LogP contribution in [0.2, 0.25) is 0 Å². The van der Waals surface area contributed by atoms with E-state index >= 15 is 0 Å². The van der Waals surface area contributed by atoms with Crippen LogP contribution < -0.4 is 10.6 Å². The predicted octanol–water partition coefficient (Wildman–Crippen LogP) is 0.941. The Morgan fingerprint density at radius 1 is 1.30 bits per heavy atom. The molecule has 1 amide bonds. The van der Waals surface area contributed by atoms with Gasteiger partial charge in [0.2, 0.25) is 0 Å². The van der Waals surface area contributed by atoms with Gasteiger partial charge in [-0.05, 0) is 25.4 Å². The molecule has 7 heteroatoms. The van der Waals surface area contributed by atoms with E-state index in [-0.39, 0.29) is 11.5 Å². The van der Waals surface area contributed by atoms with Gasteiger partial charge in [0, 0.05) is 19.3 Å². The van der Waals surface area contributed by atoms with E-state index in [0.29, 0.717) is 13.0 Å². The number of hydrogen-bond acceptors (Lipinski definition) is 5. The molecule has 0 spiro atoms. The number of nitriles is 1. The lowest BCUT2D eigenvalue weighted by Gasteiger charge is -2.18. The van der Waals surface area contributed by atoms with E-state index in [1.807, 2.05) is 13.8 Å². The summed E-state index contributed by atoms with van der Waals surface area (Å²) in [5.41, 5.74) is -0.125. The van der Waals surface area contributed by atoms with Crippen LogP contribution in [0, 0.1) is 17.2 Å². The van der Waals surface area contributed by atoms with Crippen LogP contribution in [0.15, 0.2) is 11.8 Å². The van der Waals surface area contributed by atoms with E-state index < -0.39 is 17.9 Å². The molecule has 3 N–H and O–H groups in total. The van der Waals surface area contributed by atoms with Gasteiger partial charge in [-0.2, -0.15) is 5.26 Å². The van der Waals surface area contributed by atoms with Crippen LogP contribution in [-0.4, -0.2) is 54.1 Å². The molecule has 0 saturated carbocycles. The van der Waals surface area contributed by atoms with E-state index in [9.17, 15) is 9.59 Å². The average Bonchev–Trinajstić information content (AvgIpc) is 2.49. The molecule has 0 aliphatic carbocycles. The highest BCUT2D eigenvalue weighted by atomic mass is 16.4. The second-order valence-electron chi connectivity index (χ2n) is 5.64. The fourth-order valence-corrected chi connectivity index (χ4v) is 2.01. The number of carboxylic acid groups (broad SMARTS) is 1. The van der Waals surface area contributed by atoms with Crippen molar-refractivity contribution in [3.63, 3.8) is 0 Å². The van der Waals surface area contributed by atoms with Crippen molar-refractivity contribution in [1.82, 2.24) is 15.5 Å². The highest BCUT2D eigenvalue weighted by Gasteiger charge is 2.22. The topological polar surface area (TPSA) is 105 Å². The minimum Gasteiger partial charge on any atom is -0.480 e. The zero-order valence-electron chi connectivity index (χ0n) is 14.4. The van der Waals surface area contributed by atoms with Gasteiger partial charge >= 0.3 is 5.97 Å². The van der Waals surface area contributed by atoms with Crippen molar-refractivity contribution in [3.8, 4) is 6.07 Å². The monoisotopic (exact) mass is 324 g/mol. The van der Waals surface area contributed by atoms with E-state index in [0.717, 1.165) is 19.6 Å². The maximum absolute atomic E-state index is 12.0. The number of nitrogens with zero attached hydrogens (tertiary/aromatic N) is 2. The molecule has 0 heterocycles. The average molecular weight is 324 g/mol. The van der Waals surface area contributed by atoms with Crippen molar-refractivity contribution >= 4 is 11.9 Å². The summed E-state index contributed by atoms with van der Waals surface area (Å²) in [4.78, 5) is 25.3. The van der Waals surface area contributed by atoms with Crippen molar-refractivity contribution in [3.05, 3.63) is 11.8 Å². The Morgan fingerprint density at radius 3 is 2.35 bits per heavy atom. The number of carboxylic acids is 1. The van der Waals surface area contributed by atoms with Gasteiger partial charge in [0.05, 0.1) is 0 Å². The maximum Gasteiger partial charge on any atom is 0.326 e. The Bertz CT molecular complexity index is 451. The Hall–Kier alpha value is -2.07. The Kier molecular flexibility index (Phi) is 10.5. The summed E-state index contributed by atoms with van der Waals surface area (Å²) in [5, 5.41) is 23.5. The van der Waals surface area contributed by atoms with Gasteiger partial charge in [0.1, 0.15) is 17.7 Å². The quantitative estimate of drug-likeness (QED) is 0.297. The summed E-state index contributed by atoms with van der Waals surface area (Å²) in [6, 6.07) is 0.805. The molecule has 0 aromatic rings. The minimum absolute atomic E-state index is 0.123. The second-order valence-corrected chi connectivity index (χ2v) is 5.64. The van der Waals surface area contributed by atoms with Crippen molar-refractivity contribution in [2.45, 2.75) is 40.2 Å². The number of carbonyl (C=O) groups is 2. The molecule has 0 rings (SSSR count). The predicted molar refractivity (Wildman–Crippen MR) is 88.5 cm³/mol. The largest absolute Gasteiger partial charge is 0.480 e. The first kappa shape index (κ1) is 20.9. The van der Waals surface area contributed by atoms with Gasteiger partial charge in [-0.3, -0.25) is 4.79 Å². The standard InChI is InChI=1S/C16H28N4O3/c1-5-20(6-2)8-7-18-11-13(10-17)15(21)19-14(16(22)23)9-12(3)4/h11-12,14,18H,5-9H2,1-4H3,(H,19,21)(H,22,23)/b13-11-. The molecule has 0 radical (unpaired) electrons. The van der Waals surface area contributed by atoms with Crippen LogP contribution in [0.1, 0.15) is 34.1 Å². The van der Waals surface area contributed by atoms with Crippen molar-refractivity contribution in [2.75, 3.05) is 26.2 Å². The van der Waals surface area contributed by atoms with Crippen LogP contribution in [0.3, 0.4) is 0 Å². The molecule has 130 valence electrons.